The molecule has 0 bridgehead atoms. The Morgan fingerprint density at radius 2 is 2.25 bits per heavy atom. The van der Waals surface area contributed by atoms with Gasteiger partial charge in [-0.15, -0.1) is 0 Å². The highest BCUT2D eigenvalue weighted by atomic mass is 35.5. The minimum atomic E-state index is -0.219. The highest BCUT2D eigenvalue weighted by Crippen LogP contribution is 2.17. The SMILES string of the molecule is CNc1cc(C(=O)NCCc2nccn2C)c(Cl)cn1. The Balaban J connectivity index is 1.96. The van der Waals surface area contributed by atoms with Crippen molar-refractivity contribution in [1.29, 1.82) is 0 Å². The summed E-state index contributed by atoms with van der Waals surface area (Å²) in [4.78, 5) is 20.3. The van der Waals surface area contributed by atoms with Crippen molar-refractivity contribution in [1.82, 2.24) is 19.9 Å². The molecule has 0 radical (unpaired) electrons. The summed E-state index contributed by atoms with van der Waals surface area (Å²) in [6.07, 6.45) is 5.73. The number of aromatic nitrogens is 3. The molecule has 0 saturated heterocycles. The third-order valence-corrected chi connectivity index (χ3v) is 3.21. The zero-order valence-corrected chi connectivity index (χ0v) is 12.1. The van der Waals surface area contributed by atoms with E-state index >= 15 is 0 Å². The molecular formula is C13H16ClN5O. The first-order chi connectivity index (χ1) is 9.61. The van der Waals surface area contributed by atoms with Gasteiger partial charge in [-0.1, -0.05) is 11.6 Å². The number of carbonyl (C=O) groups is 1. The van der Waals surface area contributed by atoms with Crippen molar-refractivity contribution in [3.63, 3.8) is 0 Å². The first-order valence-corrected chi connectivity index (χ1v) is 6.57. The predicted octanol–water partition coefficient (Wildman–Crippen LogP) is 1.48. The molecule has 0 fully saturated rings. The minimum absolute atomic E-state index is 0.219. The molecule has 20 heavy (non-hydrogen) atoms. The van der Waals surface area contributed by atoms with Crippen molar-refractivity contribution in [3.05, 3.63) is 41.1 Å². The lowest BCUT2D eigenvalue weighted by Gasteiger charge is -2.08. The number of hydrogen-bond donors (Lipinski definition) is 2. The van der Waals surface area contributed by atoms with Crippen LogP contribution < -0.4 is 10.6 Å². The molecule has 0 aliphatic heterocycles. The van der Waals surface area contributed by atoms with Crippen LogP contribution in [-0.2, 0) is 13.5 Å². The molecule has 2 N–H and O–H groups in total. The third kappa shape index (κ3) is 3.27. The van der Waals surface area contributed by atoms with Gasteiger partial charge in [0.2, 0.25) is 0 Å². The van der Waals surface area contributed by atoms with Gasteiger partial charge >= 0.3 is 0 Å². The fourth-order valence-corrected chi connectivity index (χ4v) is 1.96. The van der Waals surface area contributed by atoms with Gasteiger partial charge in [-0.25, -0.2) is 9.97 Å². The largest absolute Gasteiger partial charge is 0.373 e. The van der Waals surface area contributed by atoms with E-state index in [9.17, 15) is 4.79 Å². The van der Waals surface area contributed by atoms with E-state index in [4.69, 9.17) is 11.6 Å². The van der Waals surface area contributed by atoms with Crippen molar-refractivity contribution in [2.75, 3.05) is 18.9 Å². The Morgan fingerprint density at radius 1 is 1.45 bits per heavy atom. The molecule has 0 aromatic carbocycles. The average molecular weight is 294 g/mol. The van der Waals surface area contributed by atoms with Crippen LogP contribution in [0.2, 0.25) is 5.02 Å². The second-order valence-corrected chi connectivity index (χ2v) is 4.67. The number of halogens is 1. The second kappa shape index (κ2) is 6.38. The number of anilines is 1. The van der Waals surface area contributed by atoms with Crippen LogP contribution in [0.4, 0.5) is 5.82 Å². The van der Waals surface area contributed by atoms with Crippen LogP contribution in [0.1, 0.15) is 16.2 Å². The molecule has 0 saturated carbocycles. The fraction of sp³-hybridized carbons (Fsp3) is 0.308. The molecule has 2 rings (SSSR count). The van der Waals surface area contributed by atoms with Crippen LogP contribution in [0.25, 0.3) is 0 Å². The highest BCUT2D eigenvalue weighted by molar-refractivity contribution is 6.33. The van der Waals surface area contributed by atoms with Crippen LogP contribution in [-0.4, -0.2) is 34.0 Å². The second-order valence-electron chi connectivity index (χ2n) is 4.26. The van der Waals surface area contributed by atoms with Gasteiger partial charge in [0.25, 0.3) is 5.91 Å². The van der Waals surface area contributed by atoms with Gasteiger partial charge in [-0.05, 0) is 6.07 Å². The van der Waals surface area contributed by atoms with Gasteiger partial charge < -0.3 is 15.2 Å². The van der Waals surface area contributed by atoms with Crippen LogP contribution in [0.5, 0.6) is 0 Å². The standard InChI is InChI=1S/C13H16ClN5O/c1-15-11-7-9(10(14)8-18-11)13(20)17-4-3-12-16-5-6-19(12)2/h5-8H,3-4H2,1-2H3,(H,15,18)(H,17,20). The Morgan fingerprint density at radius 3 is 2.90 bits per heavy atom. The van der Waals surface area contributed by atoms with Gasteiger partial charge in [0.1, 0.15) is 11.6 Å². The lowest BCUT2D eigenvalue weighted by Crippen LogP contribution is -2.26. The van der Waals surface area contributed by atoms with E-state index in [2.05, 4.69) is 20.6 Å². The van der Waals surface area contributed by atoms with Crippen LogP contribution in [0.15, 0.2) is 24.7 Å². The number of nitrogens with one attached hydrogen (secondary N) is 2. The molecule has 0 aliphatic rings. The number of nitrogens with zero attached hydrogens (tertiary/aromatic N) is 3. The topological polar surface area (TPSA) is 71.8 Å². The molecule has 1 amide bonds. The van der Waals surface area contributed by atoms with E-state index in [0.29, 0.717) is 29.4 Å². The van der Waals surface area contributed by atoms with Crippen molar-refractivity contribution in [3.8, 4) is 0 Å². The zero-order chi connectivity index (χ0) is 14.5. The number of hydrogen-bond acceptors (Lipinski definition) is 4. The Labute approximate surface area is 122 Å². The maximum atomic E-state index is 12.1. The number of imidazole rings is 1. The Kier molecular flexibility index (Phi) is 4.57. The van der Waals surface area contributed by atoms with Crippen molar-refractivity contribution >= 4 is 23.3 Å². The summed E-state index contributed by atoms with van der Waals surface area (Å²) in [5.41, 5.74) is 0.408. The number of rotatable bonds is 5. The summed E-state index contributed by atoms with van der Waals surface area (Å²) >= 11 is 5.98. The van der Waals surface area contributed by atoms with E-state index in [1.54, 1.807) is 19.3 Å². The molecule has 106 valence electrons. The van der Waals surface area contributed by atoms with Crippen LogP contribution in [0, 0.1) is 0 Å². The highest BCUT2D eigenvalue weighted by Gasteiger charge is 2.11. The molecule has 0 unspecified atom stereocenters. The molecule has 0 spiro atoms. The minimum Gasteiger partial charge on any atom is -0.373 e. The molecule has 2 heterocycles. The Bertz CT molecular complexity index is 611. The molecular weight excluding hydrogens is 278 g/mol. The summed E-state index contributed by atoms with van der Waals surface area (Å²) < 4.78 is 1.92. The summed E-state index contributed by atoms with van der Waals surface area (Å²) in [7, 11) is 3.65. The number of pyridine rings is 1. The van der Waals surface area contributed by atoms with Crippen LogP contribution >= 0.6 is 11.6 Å². The Hall–Kier alpha value is -2.08. The molecule has 7 heteroatoms. The summed E-state index contributed by atoms with van der Waals surface area (Å²) in [6.45, 7) is 0.497. The van der Waals surface area contributed by atoms with Gasteiger partial charge in [0, 0.05) is 45.7 Å². The number of amides is 1. The van der Waals surface area contributed by atoms with Crippen molar-refractivity contribution in [2.24, 2.45) is 7.05 Å². The maximum Gasteiger partial charge on any atom is 0.253 e. The quantitative estimate of drug-likeness (QED) is 0.876. The predicted molar refractivity (Wildman–Crippen MR) is 78.0 cm³/mol. The van der Waals surface area contributed by atoms with E-state index in [1.165, 1.54) is 6.20 Å². The van der Waals surface area contributed by atoms with E-state index in [1.807, 2.05) is 17.8 Å². The first kappa shape index (κ1) is 14.3. The third-order valence-electron chi connectivity index (χ3n) is 2.91. The number of carbonyl (C=O) groups excluding carboxylic acids is 1. The van der Waals surface area contributed by atoms with E-state index < -0.39 is 0 Å². The van der Waals surface area contributed by atoms with E-state index in [-0.39, 0.29) is 5.91 Å². The first-order valence-electron chi connectivity index (χ1n) is 6.19. The normalized spacial score (nSPS) is 10.3. The van der Waals surface area contributed by atoms with E-state index in [0.717, 1.165) is 5.82 Å². The molecule has 2 aromatic rings. The smallest absolute Gasteiger partial charge is 0.253 e. The lowest BCUT2D eigenvalue weighted by molar-refractivity contribution is 0.0954. The zero-order valence-electron chi connectivity index (χ0n) is 11.4. The molecule has 6 nitrogen and oxygen atoms in total. The lowest BCUT2D eigenvalue weighted by atomic mass is 10.2. The van der Waals surface area contributed by atoms with Crippen molar-refractivity contribution in [2.45, 2.75) is 6.42 Å². The maximum absolute atomic E-state index is 12.1. The van der Waals surface area contributed by atoms with Gasteiger partial charge in [0.15, 0.2) is 0 Å². The van der Waals surface area contributed by atoms with Gasteiger partial charge in [0.05, 0.1) is 10.6 Å². The molecule has 0 atom stereocenters. The van der Waals surface area contributed by atoms with Gasteiger partial charge in [-0.3, -0.25) is 4.79 Å². The average Bonchev–Trinajstić information content (AvgIpc) is 2.85. The van der Waals surface area contributed by atoms with Crippen LogP contribution in [0.3, 0.4) is 0 Å². The van der Waals surface area contributed by atoms with Crippen molar-refractivity contribution < 1.29 is 4.79 Å². The summed E-state index contributed by atoms with van der Waals surface area (Å²) in [6, 6.07) is 1.62. The van der Waals surface area contributed by atoms with Gasteiger partial charge in [-0.2, -0.15) is 0 Å². The molecule has 0 aliphatic carbocycles. The molecule has 2 aromatic heterocycles. The fourth-order valence-electron chi connectivity index (χ4n) is 1.77. The monoisotopic (exact) mass is 293 g/mol. The summed E-state index contributed by atoms with van der Waals surface area (Å²) in [5.74, 6) is 1.30. The summed E-state index contributed by atoms with van der Waals surface area (Å²) in [5, 5.41) is 6.03. The number of aryl methyl sites for hydroxylation is 1.